The van der Waals surface area contributed by atoms with Crippen molar-refractivity contribution in [2.24, 2.45) is 0 Å². The van der Waals surface area contributed by atoms with Gasteiger partial charge in [-0.25, -0.2) is 8.78 Å². The number of carbonyl (C=O) groups excluding carboxylic acids is 1. The van der Waals surface area contributed by atoms with Gasteiger partial charge in [0.15, 0.2) is 0 Å². The van der Waals surface area contributed by atoms with E-state index in [-0.39, 0.29) is 11.4 Å². The summed E-state index contributed by atoms with van der Waals surface area (Å²) < 4.78 is 26.5. The third-order valence-corrected chi connectivity index (χ3v) is 3.28. The Morgan fingerprint density at radius 1 is 1.21 bits per heavy atom. The monoisotopic (exact) mass is 334 g/mol. The van der Waals surface area contributed by atoms with E-state index >= 15 is 0 Å². The topological polar surface area (TPSA) is 57.3 Å². The average Bonchev–Trinajstić information content (AvgIpc) is 2.54. The Hall–Kier alpha value is -2.54. The second-order valence-corrected chi connectivity index (χ2v) is 5.59. The van der Waals surface area contributed by atoms with E-state index in [4.69, 9.17) is 0 Å². The van der Waals surface area contributed by atoms with Gasteiger partial charge >= 0.3 is 0 Å². The molecule has 0 saturated carbocycles. The minimum atomic E-state index is -0.832. The van der Waals surface area contributed by atoms with E-state index in [1.54, 1.807) is 12.1 Å². The quantitative estimate of drug-likeness (QED) is 0.765. The Bertz CT molecular complexity index is 707. The van der Waals surface area contributed by atoms with Gasteiger partial charge in [0.1, 0.15) is 17.3 Å². The maximum atomic E-state index is 13.6. The van der Waals surface area contributed by atoms with Crippen molar-refractivity contribution >= 4 is 17.3 Å². The lowest BCUT2D eigenvalue weighted by Gasteiger charge is -2.11. The first-order valence-corrected chi connectivity index (χ1v) is 7.57. The first-order valence-electron chi connectivity index (χ1n) is 7.57. The highest BCUT2D eigenvalue weighted by Gasteiger charge is 2.11. The van der Waals surface area contributed by atoms with Crippen LogP contribution in [0.15, 0.2) is 36.5 Å². The summed E-state index contributed by atoms with van der Waals surface area (Å²) >= 11 is 0. The van der Waals surface area contributed by atoms with Crippen molar-refractivity contribution in [2.75, 3.05) is 37.8 Å². The standard InChI is InChI=1S/C17H20F2N4O/c1-23(2)9-3-7-20-13-6-8-21-16(11-13)17(24)22-15-5-4-12(18)10-14(15)19/h4-6,8,10-11H,3,7,9H2,1-2H3,(H,20,21)(H,22,24). The van der Waals surface area contributed by atoms with E-state index in [0.29, 0.717) is 6.07 Å². The number of anilines is 2. The molecule has 7 heteroatoms. The van der Waals surface area contributed by atoms with Crippen LogP contribution in [0.1, 0.15) is 16.9 Å². The van der Waals surface area contributed by atoms with E-state index in [1.807, 2.05) is 14.1 Å². The van der Waals surface area contributed by atoms with Crippen LogP contribution in [0.2, 0.25) is 0 Å². The Morgan fingerprint density at radius 2 is 2.00 bits per heavy atom. The number of nitrogens with one attached hydrogen (secondary N) is 2. The predicted octanol–water partition coefficient (Wildman–Crippen LogP) is 2.98. The molecule has 1 amide bonds. The minimum Gasteiger partial charge on any atom is -0.385 e. The number of pyridine rings is 1. The van der Waals surface area contributed by atoms with Gasteiger partial charge < -0.3 is 15.5 Å². The summed E-state index contributed by atoms with van der Waals surface area (Å²) in [5.41, 5.74) is 0.817. The molecule has 2 N–H and O–H groups in total. The molecule has 2 rings (SSSR count). The summed E-state index contributed by atoms with van der Waals surface area (Å²) in [6, 6.07) is 6.31. The van der Waals surface area contributed by atoms with Gasteiger partial charge in [0.2, 0.25) is 0 Å². The predicted molar refractivity (Wildman–Crippen MR) is 90.2 cm³/mol. The molecule has 24 heavy (non-hydrogen) atoms. The minimum absolute atomic E-state index is 0.0902. The van der Waals surface area contributed by atoms with E-state index < -0.39 is 17.5 Å². The first-order chi connectivity index (χ1) is 11.5. The van der Waals surface area contributed by atoms with Crippen molar-refractivity contribution in [1.29, 1.82) is 0 Å². The molecule has 0 spiro atoms. The lowest BCUT2D eigenvalue weighted by molar-refractivity contribution is 0.102. The summed E-state index contributed by atoms with van der Waals surface area (Å²) in [5.74, 6) is -2.09. The summed E-state index contributed by atoms with van der Waals surface area (Å²) in [4.78, 5) is 18.2. The second kappa shape index (κ2) is 8.35. The van der Waals surface area contributed by atoms with Gasteiger partial charge in [0, 0.05) is 24.5 Å². The zero-order valence-electron chi connectivity index (χ0n) is 13.6. The molecule has 0 unspecified atom stereocenters. The summed E-state index contributed by atoms with van der Waals surface area (Å²) in [6.45, 7) is 1.71. The normalized spacial score (nSPS) is 10.7. The van der Waals surface area contributed by atoms with Crippen molar-refractivity contribution in [3.05, 3.63) is 53.9 Å². The third-order valence-electron chi connectivity index (χ3n) is 3.28. The summed E-state index contributed by atoms with van der Waals surface area (Å²) in [5, 5.41) is 5.59. The van der Waals surface area contributed by atoms with Crippen molar-refractivity contribution in [3.63, 3.8) is 0 Å². The number of nitrogens with zero attached hydrogens (tertiary/aromatic N) is 2. The van der Waals surface area contributed by atoms with Gasteiger partial charge in [-0.1, -0.05) is 0 Å². The highest BCUT2D eigenvalue weighted by Crippen LogP contribution is 2.16. The SMILES string of the molecule is CN(C)CCCNc1ccnc(C(=O)Nc2ccc(F)cc2F)c1. The first kappa shape index (κ1) is 17.8. The lowest BCUT2D eigenvalue weighted by atomic mass is 10.2. The molecule has 1 aromatic heterocycles. The number of hydrogen-bond acceptors (Lipinski definition) is 4. The number of hydrogen-bond donors (Lipinski definition) is 2. The Kier molecular flexibility index (Phi) is 6.20. The Morgan fingerprint density at radius 3 is 2.71 bits per heavy atom. The van der Waals surface area contributed by atoms with Gasteiger partial charge in [-0.05, 0) is 51.3 Å². The molecule has 5 nitrogen and oxygen atoms in total. The fourth-order valence-corrected chi connectivity index (χ4v) is 2.07. The summed E-state index contributed by atoms with van der Waals surface area (Å²) in [6.07, 6.45) is 2.46. The largest absolute Gasteiger partial charge is 0.385 e. The lowest BCUT2D eigenvalue weighted by Crippen LogP contribution is -2.17. The number of rotatable bonds is 7. The maximum absolute atomic E-state index is 13.6. The molecule has 128 valence electrons. The molecule has 1 heterocycles. The van der Waals surface area contributed by atoms with E-state index in [1.165, 1.54) is 12.3 Å². The van der Waals surface area contributed by atoms with E-state index in [9.17, 15) is 13.6 Å². The van der Waals surface area contributed by atoms with Gasteiger partial charge in [-0.15, -0.1) is 0 Å². The van der Waals surface area contributed by atoms with Gasteiger partial charge in [-0.3, -0.25) is 9.78 Å². The molecule has 0 atom stereocenters. The molecular weight excluding hydrogens is 314 g/mol. The fourth-order valence-electron chi connectivity index (χ4n) is 2.07. The smallest absolute Gasteiger partial charge is 0.274 e. The van der Waals surface area contributed by atoms with Gasteiger partial charge in [-0.2, -0.15) is 0 Å². The van der Waals surface area contributed by atoms with Crippen LogP contribution in [0.3, 0.4) is 0 Å². The fraction of sp³-hybridized carbons (Fsp3) is 0.294. The highest BCUT2D eigenvalue weighted by atomic mass is 19.1. The van der Waals surface area contributed by atoms with Crippen LogP contribution < -0.4 is 10.6 Å². The van der Waals surface area contributed by atoms with Crippen molar-refractivity contribution in [3.8, 4) is 0 Å². The van der Waals surface area contributed by atoms with Crippen LogP contribution in [0.5, 0.6) is 0 Å². The Labute approximate surface area is 139 Å². The number of amides is 1. The number of halogens is 2. The average molecular weight is 334 g/mol. The zero-order chi connectivity index (χ0) is 17.5. The zero-order valence-corrected chi connectivity index (χ0v) is 13.6. The van der Waals surface area contributed by atoms with Crippen LogP contribution in [-0.2, 0) is 0 Å². The second-order valence-electron chi connectivity index (χ2n) is 5.59. The molecule has 0 saturated heterocycles. The van der Waals surface area contributed by atoms with Crippen LogP contribution in [0.4, 0.5) is 20.2 Å². The van der Waals surface area contributed by atoms with Crippen LogP contribution in [-0.4, -0.2) is 43.0 Å². The maximum Gasteiger partial charge on any atom is 0.274 e. The molecule has 2 aromatic rings. The Balaban J connectivity index is 1.98. The van der Waals surface area contributed by atoms with Crippen LogP contribution in [0.25, 0.3) is 0 Å². The van der Waals surface area contributed by atoms with Crippen LogP contribution in [0, 0.1) is 11.6 Å². The molecule has 0 radical (unpaired) electrons. The highest BCUT2D eigenvalue weighted by molar-refractivity contribution is 6.03. The van der Waals surface area contributed by atoms with Crippen LogP contribution >= 0.6 is 0 Å². The van der Waals surface area contributed by atoms with E-state index in [0.717, 1.165) is 31.3 Å². The molecule has 0 aliphatic rings. The van der Waals surface area contributed by atoms with Crippen molar-refractivity contribution in [1.82, 2.24) is 9.88 Å². The van der Waals surface area contributed by atoms with Crippen molar-refractivity contribution in [2.45, 2.75) is 6.42 Å². The molecule has 0 fully saturated rings. The molecular formula is C17H20F2N4O. The van der Waals surface area contributed by atoms with Gasteiger partial charge in [0.25, 0.3) is 5.91 Å². The molecule has 1 aromatic carbocycles. The van der Waals surface area contributed by atoms with Gasteiger partial charge in [0.05, 0.1) is 5.69 Å². The van der Waals surface area contributed by atoms with Crippen molar-refractivity contribution < 1.29 is 13.6 Å². The molecule has 0 aliphatic carbocycles. The molecule has 0 bridgehead atoms. The number of benzene rings is 1. The number of aromatic nitrogens is 1. The molecule has 0 aliphatic heterocycles. The summed E-state index contributed by atoms with van der Waals surface area (Å²) in [7, 11) is 4.01. The third kappa shape index (κ3) is 5.27. The number of carbonyl (C=O) groups is 1. The van der Waals surface area contributed by atoms with E-state index in [2.05, 4.69) is 20.5 Å².